The molecule has 1 unspecified atom stereocenters. The van der Waals surface area contributed by atoms with Gasteiger partial charge in [0, 0.05) is 29.7 Å². The molecule has 0 fully saturated rings. The van der Waals surface area contributed by atoms with Crippen molar-refractivity contribution in [2.24, 2.45) is 0 Å². The molecule has 0 saturated carbocycles. The fraction of sp³-hybridized carbons (Fsp3) is 0.103. The highest BCUT2D eigenvalue weighted by atomic mass is 16.5. The maximum atomic E-state index is 12.5. The zero-order valence-corrected chi connectivity index (χ0v) is 20.3. The molecular weight excluding hydrogens is 466 g/mol. The highest BCUT2D eigenvalue weighted by molar-refractivity contribution is 5.84. The number of anilines is 2. The third-order valence-corrected chi connectivity index (χ3v) is 5.98. The topological polar surface area (TPSA) is 113 Å². The van der Waals surface area contributed by atoms with Gasteiger partial charge in [-0.3, -0.25) is 4.79 Å². The number of aromatic amines is 1. The van der Waals surface area contributed by atoms with Crippen molar-refractivity contribution in [3.05, 3.63) is 108 Å². The van der Waals surface area contributed by atoms with Crippen LogP contribution in [0.2, 0.25) is 0 Å². The number of carboxylic acid groups (broad SMARTS) is 1. The van der Waals surface area contributed by atoms with Crippen molar-refractivity contribution in [2.75, 3.05) is 12.4 Å². The van der Waals surface area contributed by atoms with Crippen LogP contribution in [0.15, 0.2) is 91.3 Å². The van der Waals surface area contributed by atoms with Crippen LogP contribution in [-0.4, -0.2) is 38.1 Å². The number of nitrogens with zero attached hydrogens (tertiary/aromatic N) is 3. The number of hydrogen-bond acceptors (Lipinski definition) is 6. The molecule has 8 nitrogen and oxygen atoms in total. The van der Waals surface area contributed by atoms with Gasteiger partial charge in [-0.25, -0.2) is 15.0 Å². The van der Waals surface area contributed by atoms with Gasteiger partial charge in [-0.2, -0.15) is 0 Å². The summed E-state index contributed by atoms with van der Waals surface area (Å²) >= 11 is 0. The molecule has 8 heteroatoms. The maximum absolute atomic E-state index is 12.5. The van der Waals surface area contributed by atoms with Crippen LogP contribution in [0.5, 0.6) is 5.75 Å². The molecule has 0 bridgehead atoms. The molecular formula is C29H25N5O3. The molecule has 184 valence electrons. The summed E-state index contributed by atoms with van der Waals surface area (Å²) in [5, 5.41) is 13.4. The van der Waals surface area contributed by atoms with E-state index in [9.17, 15) is 9.90 Å². The van der Waals surface area contributed by atoms with Crippen molar-refractivity contribution < 1.29 is 14.6 Å². The molecule has 2 aromatic heterocycles. The Bertz CT molecular complexity index is 1530. The fourth-order valence-electron chi connectivity index (χ4n) is 4.22. The molecule has 0 spiro atoms. The van der Waals surface area contributed by atoms with E-state index in [0.717, 1.165) is 16.8 Å². The van der Waals surface area contributed by atoms with Crippen molar-refractivity contribution in [1.82, 2.24) is 19.9 Å². The van der Waals surface area contributed by atoms with Gasteiger partial charge in [-0.15, -0.1) is 0 Å². The number of hydrogen-bond donors (Lipinski definition) is 3. The highest BCUT2D eigenvalue weighted by Crippen LogP contribution is 2.34. The Hall–Kier alpha value is -4.98. The van der Waals surface area contributed by atoms with Gasteiger partial charge < -0.3 is 20.1 Å². The number of carboxylic acids is 1. The molecule has 0 amide bonds. The fourth-order valence-corrected chi connectivity index (χ4v) is 4.22. The second-order valence-corrected chi connectivity index (χ2v) is 8.47. The van der Waals surface area contributed by atoms with Gasteiger partial charge in [-0.05, 0) is 30.2 Å². The van der Waals surface area contributed by atoms with E-state index in [1.807, 2.05) is 79.9 Å². The second-order valence-electron chi connectivity index (χ2n) is 8.47. The van der Waals surface area contributed by atoms with Crippen LogP contribution in [0.1, 0.15) is 22.9 Å². The number of nitrogens with one attached hydrogen (secondary N) is 2. The number of aromatic nitrogens is 4. The molecule has 3 N–H and O–H groups in total. The Morgan fingerprint density at radius 2 is 1.70 bits per heavy atom. The first-order valence-corrected chi connectivity index (χ1v) is 11.7. The number of benzene rings is 3. The second kappa shape index (κ2) is 10.3. The summed E-state index contributed by atoms with van der Waals surface area (Å²) in [7, 11) is 1.60. The summed E-state index contributed by atoms with van der Waals surface area (Å²) in [6.07, 6.45) is 3.49. The van der Waals surface area contributed by atoms with Gasteiger partial charge >= 0.3 is 5.97 Å². The van der Waals surface area contributed by atoms with E-state index in [4.69, 9.17) is 9.72 Å². The van der Waals surface area contributed by atoms with Crippen molar-refractivity contribution >= 4 is 17.6 Å². The molecule has 0 aliphatic heterocycles. The Kier molecular flexibility index (Phi) is 6.63. The number of aryl methyl sites for hydroxylation is 1. The van der Waals surface area contributed by atoms with Crippen molar-refractivity contribution in [1.29, 1.82) is 0 Å². The molecule has 0 aliphatic rings. The highest BCUT2D eigenvalue weighted by Gasteiger charge is 2.28. The summed E-state index contributed by atoms with van der Waals surface area (Å²) in [5.74, 6) is -0.362. The number of ether oxygens (including phenoxy) is 1. The lowest BCUT2D eigenvalue weighted by Crippen LogP contribution is -2.17. The van der Waals surface area contributed by atoms with Crippen LogP contribution in [0.4, 0.5) is 11.6 Å². The van der Waals surface area contributed by atoms with E-state index in [2.05, 4.69) is 20.3 Å². The number of methoxy groups -OCH3 is 1. The Morgan fingerprint density at radius 1 is 0.973 bits per heavy atom. The van der Waals surface area contributed by atoms with E-state index in [1.54, 1.807) is 25.4 Å². The minimum absolute atomic E-state index is 0.278. The zero-order valence-electron chi connectivity index (χ0n) is 20.3. The van der Waals surface area contributed by atoms with Crippen molar-refractivity contribution in [3.63, 3.8) is 0 Å². The van der Waals surface area contributed by atoms with Crippen LogP contribution >= 0.6 is 0 Å². The zero-order chi connectivity index (χ0) is 25.8. The molecule has 3 aromatic carbocycles. The first-order chi connectivity index (χ1) is 18.0. The van der Waals surface area contributed by atoms with Crippen LogP contribution in [-0.2, 0) is 4.79 Å². The van der Waals surface area contributed by atoms with Crippen molar-refractivity contribution in [3.8, 4) is 28.3 Å². The number of imidazole rings is 1. The summed E-state index contributed by atoms with van der Waals surface area (Å²) in [4.78, 5) is 29.4. The van der Waals surface area contributed by atoms with Gasteiger partial charge in [0.1, 0.15) is 17.5 Å². The Morgan fingerprint density at radius 3 is 2.35 bits per heavy atom. The summed E-state index contributed by atoms with van der Waals surface area (Å²) in [5.41, 5.74) is 4.92. The molecule has 2 heterocycles. The van der Waals surface area contributed by atoms with Crippen LogP contribution in [0, 0.1) is 6.92 Å². The largest absolute Gasteiger partial charge is 0.496 e. The van der Waals surface area contributed by atoms with E-state index in [1.165, 1.54) is 0 Å². The molecule has 5 aromatic rings. The lowest BCUT2D eigenvalue weighted by molar-refractivity contribution is -0.137. The van der Waals surface area contributed by atoms with Gasteiger partial charge in [0.2, 0.25) is 5.95 Å². The molecule has 1 atom stereocenters. The normalized spacial score (nSPS) is 11.6. The monoisotopic (exact) mass is 491 g/mol. The SMILES string of the molecule is COc1cc(Nc2ncc(-c3ccccc3)c(C(C(=O)O)c3ccccc3)n2)ccc1-c1nc(C)c[nH]1. The van der Waals surface area contributed by atoms with Gasteiger partial charge in [0.15, 0.2) is 0 Å². The lowest BCUT2D eigenvalue weighted by atomic mass is 9.90. The molecule has 0 aliphatic carbocycles. The minimum Gasteiger partial charge on any atom is -0.496 e. The van der Waals surface area contributed by atoms with E-state index < -0.39 is 11.9 Å². The Labute approximate surface area is 214 Å². The maximum Gasteiger partial charge on any atom is 0.317 e. The van der Waals surface area contributed by atoms with Crippen LogP contribution < -0.4 is 10.1 Å². The predicted molar refractivity (Wildman–Crippen MR) is 142 cm³/mol. The minimum atomic E-state index is -0.993. The standard InChI is InChI=1S/C29H25N5O3/c1-18-16-30-27(32-18)22-14-13-21(15-24(22)37-2)33-29-31-17-23(19-9-5-3-6-10-19)26(34-29)25(28(35)36)20-11-7-4-8-12-20/h3-17,25H,1-2H3,(H,30,32)(H,35,36)(H,31,33,34). The van der Waals surface area contributed by atoms with E-state index in [-0.39, 0.29) is 5.95 Å². The van der Waals surface area contributed by atoms with Crippen LogP contribution in [0.25, 0.3) is 22.5 Å². The van der Waals surface area contributed by atoms with E-state index >= 15 is 0 Å². The lowest BCUT2D eigenvalue weighted by Gasteiger charge is -2.18. The summed E-state index contributed by atoms with van der Waals surface area (Å²) in [6, 6.07) is 24.2. The third-order valence-electron chi connectivity index (χ3n) is 5.98. The number of H-pyrrole nitrogens is 1. The average molecular weight is 492 g/mol. The van der Waals surface area contributed by atoms with Gasteiger partial charge in [-0.1, -0.05) is 60.7 Å². The number of carbonyl (C=O) groups is 1. The van der Waals surface area contributed by atoms with Gasteiger partial charge in [0.05, 0.1) is 24.1 Å². The van der Waals surface area contributed by atoms with Gasteiger partial charge in [0.25, 0.3) is 0 Å². The third kappa shape index (κ3) is 5.04. The summed E-state index contributed by atoms with van der Waals surface area (Å²) < 4.78 is 5.60. The summed E-state index contributed by atoms with van der Waals surface area (Å²) in [6.45, 7) is 1.91. The van der Waals surface area contributed by atoms with E-state index in [0.29, 0.717) is 34.1 Å². The number of rotatable bonds is 8. The quantitative estimate of drug-likeness (QED) is 0.251. The molecule has 0 saturated heterocycles. The first kappa shape index (κ1) is 23.7. The predicted octanol–water partition coefficient (Wildman–Crippen LogP) is 5.81. The van der Waals surface area contributed by atoms with Crippen molar-refractivity contribution in [2.45, 2.75) is 12.8 Å². The first-order valence-electron chi connectivity index (χ1n) is 11.7. The molecule has 37 heavy (non-hydrogen) atoms. The van der Waals surface area contributed by atoms with Crippen LogP contribution in [0.3, 0.4) is 0 Å². The smallest absolute Gasteiger partial charge is 0.317 e. The molecule has 5 rings (SSSR count). The molecule has 0 radical (unpaired) electrons. The average Bonchev–Trinajstić information content (AvgIpc) is 3.36. The Balaban J connectivity index is 1.56. The number of aliphatic carboxylic acids is 1.